The van der Waals surface area contributed by atoms with E-state index in [0.29, 0.717) is 11.7 Å². The van der Waals surface area contributed by atoms with Crippen molar-refractivity contribution in [1.82, 2.24) is 10.3 Å². The molecule has 0 bridgehead atoms. The molecule has 106 valence electrons. The van der Waals surface area contributed by atoms with E-state index in [9.17, 15) is 4.79 Å². The van der Waals surface area contributed by atoms with E-state index in [1.165, 1.54) is 6.92 Å². The Bertz CT molecular complexity index is 629. The standard InChI is InChI=1S/C15H17ClN2O2/c1-10(19)17-7-3-4-11-8-15(16)18-14-6-5-12(20-2)9-13(11)14/h5-6,8-9H,3-4,7H2,1-2H3,(H,17,19). The van der Waals surface area contributed by atoms with Crippen molar-refractivity contribution in [3.63, 3.8) is 0 Å². The molecule has 1 aromatic heterocycles. The van der Waals surface area contributed by atoms with Gasteiger partial charge in [-0.2, -0.15) is 0 Å². The largest absolute Gasteiger partial charge is 0.497 e. The molecule has 0 unspecified atom stereocenters. The number of benzene rings is 1. The Kier molecular flexibility index (Phi) is 4.79. The highest BCUT2D eigenvalue weighted by Gasteiger charge is 2.06. The zero-order valence-electron chi connectivity index (χ0n) is 11.6. The number of fused-ring (bicyclic) bond motifs is 1. The summed E-state index contributed by atoms with van der Waals surface area (Å²) in [5, 5.41) is 4.31. The number of methoxy groups -OCH3 is 1. The second-order valence-electron chi connectivity index (χ2n) is 4.57. The predicted octanol–water partition coefficient (Wildman–Crippen LogP) is 2.97. The fourth-order valence-corrected chi connectivity index (χ4v) is 2.34. The number of nitrogens with zero attached hydrogens (tertiary/aromatic N) is 1. The van der Waals surface area contributed by atoms with E-state index in [2.05, 4.69) is 10.3 Å². The summed E-state index contributed by atoms with van der Waals surface area (Å²) in [7, 11) is 1.64. The van der Waals surface area contributed by atoms with E-state index >= 15 is 0 Å². The van der Waals surface area contributed by atoms with Crippen LogP contribution in [0, 0.1) is 0 Å². The molecular weight excluding hydrogens is 276 g/mol. The number of rotatable bonds is 5. The monoisotopic (exact) mass is 292 g/mol. The van der Waals surface area contributed by atoms with Crippen LogP contribution in [0.25, 0.3) is 10.9 Å². The Morgan fingerprint density at radius 2 is 2.20 bits per heavy atom. The predicted molar refractivity (Wildman–Crippen MR) is 80.3 cm³/mol. The van der Waals surface area contributed by atoms with Crippen molar-refractivity contribution >= 4 is 28.4 Å². The molecule has 4 nitrogen and oxygen atoms in total. The second kappa shape index (κ2) is 6.57. The first-order valence-corrected chi connectivity index (χ1v) is 6.85. The number of hydrogen-bond acceptors (Lipinski definition) is 3. The van der Waals surface area contributed by atoms with Crippen LogP contribution in [0.4, 0.5) is 0 Å². The zero-order chi connectivity index (χ0) is 14.5. The number of hydrogen-bond donors (Lipinski definition) is 1. The Morgan fingerprint density at radius 1 is 1.40 bits per heavy atom. The van der Waals surface area contributed by atoms with E-state index in [1.54, 1.807) is 7.11 Å². The first kappa shape index (κ1) is 14.6. The Balaban J connectivity index is 2.23. The molecule has 0 radical (unpaired) electrons. The number of ether oxygens (including phenoxy) is 1. The fourth-order valence-electron chi connectivity index (χ4n) is 2.12. The molecule has 0 fully saturated rings. The lowest BCUT2D eigenvalue weighted by Gasteiger charge is -2.09. The molecule has 20 heavy (non-hydrogen) atoms. The Labute approximate surface area is 123 Å². The SMILES string of the molecule is COc1ccc2nc(Cl)cc(CCCNC(C)=O)c2c1. The van der Waals surface area contributed by atoms with Crippen LogP contribution in [0.15, 0.2) is 24.3 Å². The van der Waals surface area contributed by atoms with E-state index in [0.717, 1.165) is 35.1 Å². The summed E-state index contributed by atoms with van der Waals surface area (Å²) in [6.07, 6.45) is 1.68. The van der Waals surface area contributed by atoms with E-state index < -0.39 is 0 Å². The molecule has 1 amide bonds. The second-order valence-corrected chi connectivity index (χ2v) is 4.96. The lowest BCUT2D eigenvalue weighted by molar-refractivity contribution is -0.118. The number of carbonyl (C=O) groups is 1. The van der Waals surface area contributed by atoms with E-state index in [-0.39, 0.29) is 5.91 Å². The summed E-state index contributed by atoms with van der Waals surface area (Å²) in [6, 6.07) is 7.60. The molecule has 0 saturated carbocycles. The first-order chi connectivity index (χ1) is 9.60. The summed E-state index contributed by atoms with van der Waals surface area (Å²) in [5.74, 6) is 0.786. The molecule has 1 N–H and O–H groups in total. The topological polar surface area (TPSA) is 51.2 Å². The number of aryl methyl sites for hydroxylation is 1. The smallest absolute Gasteiger partial charge is 0.216 e. The van der Waals surface area contributed by atoms with Crippen LogP contribution in [0.3, 0.4) is 0 Å². The number of aromatic nitrogens is 1. The van der Waals surface area contributed by atoms with Crippen LogP contribution in [-0.4, -0.2) is 24.5 Å². The number of carbonyl (C=O) groups excluding carboxylic acids is 1. The van der Waals surface area contributed by atoms with Crippen LogP contribution in [0.2, 0.25) is 5.15 Å². The highest BCUT2D eigenvalue weighted by Crippen LogP contribution is 2.26. The molecule has 0 aliphatic carbocycles. The van der Waals surface area contributed by atoms with E-state index in [1.807, 2.05) is 24.3 Å². The van der Waals surface area contributed by atoms with Crippen LogP contribution < -0.4 is 10.1 Å². The molecular formula is C15H17ClN2O2. The third-order valence-electron chi connectivity index (χ3n) is 3.07. The zero-order valence-corrected chi connectivity index (χ0v) is 12.3. The lowest BCUT2D eigenvalue weighted by atomic mass is 10.0. The number of nitrogens with one attached hydrogen (secondary N) is 1. The first-order valence-electron chi connectivity index (χ1n) is 6.48. The minimum Gasteiger partial charge on any atom is -0.497 e. The number of pyridine rings is 1. The van der Waals surface area contributed by atoms with Crippen LogP contribution in [0.1, 0.15) is 18.9 Å². The van der Waals surface area contributed by atoms with Crippen molar-refractivity contribution in [1.29, 1.82) is 0 Å². The summed E-state index contributed by atoms with van der Waals surface area (Å²) >= 11 is 6.05. The molecule has 2 aromatic rings. The van der Waals surface area contributed by atoms with Gasteiger partial charge in [-0.15, -0.1) is 0 Å². The molecule has 0 spiro atoms. The average molecular weight is 293 g/mol. The maximum absolute atomic E-state index is 10.8. The van der Waals surface area contributed by atoms with Gasteiger partial charge in [-0.25, -0.2) is 4.98 Å². The summed E-state index contributed by atoms with van der Waals surface area (Å²) < 4.78 is 5.25. The van der Waals surface area contributed by atoms with E-state index in [4.69, 9.17) is 16.3 Å². The van der Waals surface area contributed by atoms with Crippen molar-refractivity contribution in [2.45, 2.75) is 19.8 Å². The van der Waals surface area contributed by atoms with Gasteiger partial charge < -0.3 is 10.1 Å². The third kappa shape index (κ3) is 3.61. The molecule has 5 heteroatoms. The average Bonchev–Trinajstić information content (AvgIpc) is 2.42. The normalized spacial score (nSPS) is 10.6. The summed E-state index contributed by atoms with van der Waals surface area (Å²) in [4.78, 5) is 15.2. The summed E-state index contributed by atoms with van der Waals surface area (Å²) in [6.45, 7) is 2.17. The fraction of sp³-hybridized carbons (Fsp3) is 0.333. The minimum atomic E-state index is -0.00992. The quantitative estimate of drug-likeness (QED) is 0.681. The maximum atomic E-state index is 10.8. The van der Waals surface area contributed by atoms with Crippen LogP contribution in [0.5, 0.6) is 5.75 Å². The van der Waals surface area contributed by atoms with Crippen molar-refractivity contribution < 1.29 is 9.53 Å². The van der Waals surface area contributed by atoms with Crippen molar-refractivity contribution in [2.24, 2.45) is 0 Å². The van der Waals surface area contributed by atoms with Gasteiger partial charge in [-0.3, -0.25) is 4.79 Å². The highest BCUT2D eigenvalue weighted by molar-refractivity contribution is 6.29. The van der Waals surface area contributed by atoms with Gasteiger partial charge in [0.05, 0.1) is 12.6 Å². The Hall–Kier alpha value is -1.81. The molecule has 0 aliphatic rings. The van der Waals surface area contributed by atoms with Gasteiger partial charge in [-0.05, 0) is 42.7 Å². The lowest BCUT2D eigenvalue weighted by Crippen LogP contribution is -2.21. The maximum Gasteiger partial charge on any atom is 0.216 e. The number of amides is 1. The Morgan fingerprint density at radius 3 is 2.90 bits per heavy atom. The third-order valence-corrected chi connectivity index (χ3v) is 3.26. The summed E-state index contributed by atoms with van der Waals surface area (Å²) in [5.41, 5.74) is 1.97. The molecule has 1 heterocycles. The minimum absolute atomic E-state index is 0.00992. The number of halogens is 1. The van der Waals surface area contributed by atoms with Crippen molar-refractivity contribution in [3.05, 3.63) is 35.0 Å². The molecule has 0 saturated heterocycles. The van der Waals surface area contributed by atoms with Crippen LogP contribution >= 0.6 is 11.6 Å². The van der Waals surface area contributed by atoms with Gasteiger partial charge in [0.25, 0.3) is 0 Å². The molecule has 1 aromatic carbocycles. The van der Waals surface area contributed by atoms with Gasteiger partial charge >= 0.3 is 0 Å². The molecule has 0 aliphatic heterocycles. The van der Waals surface area contributed by atoms with Crippen LogP contribution in [-0.2, 0) is 11.2 Å². The van der Waals surface area contributed by atoms with Gasteiger partial charge in [0.2, 0.25) is 5.91 Å². The van der Waals surface area contributed by atoms with Crippen molar-refractivity contribution in [2.75, 3.05) is 13.7 Å². The van der Waals surface area contributed by atoms with Crippen molar-refractivity contribution in [3.8, 4) is 5.75 Å². The van der Waals surface area contributed by atoms with Gasteiger partial charge in [-0.1, -0.05) is 11.6 Å². The van der Waals surface area contributed by atoms with Gasteiger partial charge in [0, 0.05) is 18.9 Å². The highest BCUT2D eigenvalue weighted by atomic mass is 35.5. The van der Waals surface area contributed by atoms with Gasteiger partial charge in [0.1, 0.15) is 10.9 Å². The molecule has 2 rings (SSSR count). The molecule has 0 atom stereocenters. The van der Waals surface area contributed by atoms with Gasteiger partial charge in [0.15, 0.2) is 0 Å².